The molecule has 0 saturated heterocycles. The molecule has 3 rings (SSSR count). The Morgan fingerprint density at radius 3 is 2.67 bits per heavy atom. The van der Waals surface area contributed by atoms with Crippen LogP contribution in [-0.2, 0) is 0 Å². The van der Waals surface area contributed by atoms with Crippen molar-refractivity contribution in [1.29, 1.82) is 0 Å². The number of benzene rings is 1. The number of ether oxygens (including phenoxy) is 1. The number of rotatable bonds is 3. The van der Waals surface area contributed by atoms with E-state index in [0.29, 0.717) is 22.2 Å². The Hall–Kier alpha value is -1.85. The van der Waals surface area contributed by atoms with E-state index >= 15 is 0 Å². The maximum absolute atomic E-state index is 6.09. The smallest absolute Gasteiger partial charge is 0.321 e. The van der Waals surface area contributed by atoms with Crippen LogP contribution in [0.25, 0.3) is 22.6 Å². The molecule has 0 N–H and O–H groups in total. The summed E-state index contributed by atoms with van der Waals surface area (Å²) in [5.74, 6) is 0.758. The highest BCUT2D eigenvalue weighted by molar-refractivity contribution is 6.34. The normalized spacial score (nSPS) is 11.3. The SMILES string of the molecule is CC(C)Oc1nc(Cl)nc(-c2cc3cccc(Cl)c3o2)n1. The molecule has 3 aromatic rings. The van der Waals surface area contributed by atoms with Crippen molar-refractivity contribution in [2.24, 2.45) is 0 Å². The van der Waals surface area contributed by atoms with Crippen molar-refractivity contribution in [3.63, 3.8) is 0 Å². The van der Waals surface area contributed by atoms with Gasteiger partial charge in [-0.3, -0.25) is 0 Å². The fraction of sp³-hybridized carbons (Fsp3) is 0.214. The molecule has 0 aliphatic heterocycles. The van der Waals surface area contributed by atoms with E-state index in [1.54, 1.807) is 12.1 Å². The Morgan fingerprint density at radius 1 is 1.14 bits per heavy atom. The Morgan fingerprint density at radius 2 is 1.95 bits per heavy atom. The van der Waals surface area contributed by atoms with Crippen LogP contribution >= 0.6 is 23.2 Å². The summed E-state index contributed by atoms with van der Waals surface area (Å²) in [7, 11) is 0. The monoisotopic (exact) mass is 323 g/mol. The molecule has 7 heteroatoms. The number of hydrogen-bond acceptors (Lipinski definition) is 5. The average molecular weight is 324 g/mol. The first-order valence-electron chi connectivity index (χ1n) is 6.29. The minimum absolute atomic E-state index is 0.0437. The van der Waals surface area contributed by atoms with Gasteiger partial charge in [-0.05, 0) is 37.6 Å². The summed E-state index contributed by atoms with van der Waals surface area (Å²) in [4.78, 5) is 12.2. The topological polar surface area (TPSA) is 61.0 Å². The molecule has 0 unspecified atom stereocenters. The second kappa shape index (κ2) is 5.50. The molecular weight excluding hydrogens is 313 g/mol. The lowest BCUT2D eigenvalue weighted by Gasteiger charge is -2.07. The van der Waals surface area contributed by atoms with Crippen molar-refractivity contribution in [2.45, 2.75) is 20.0 Å². The third-order valence-corrected chi connectivity index (χ3v) is 3.11. The van der Waals surface area contributed by atoms with Gasteiger partial charge in [0.15, 0.2) is 11.3 Å². The fourth-order valence-corrected chi connectivity index (χ4v) is 2.22. The Balaban J connectivity index is 2.09. The summed E-state index contributed by atoms with van der Waals surface area (Å²) < 4.78 is 11.1. The number of para-hydroxylation sites is 1. The number of nitrogens with zero attached hydrogens (tertiary/aromatic N) is 3. The van der Waals surface area contributed by atoms with E-state index in [1.807, 2.05) is 26.0 Å². The van der Waals surface area contributed by atoms with Gasteiger partial charge in [0.2, 0.25) is 11.1 Å². The molecule has 0 saturated carbocycles. The highest BCUT2D eigenvalue weighted by Gasteiger charge is 2.14. The lowest BCUT2D eigenvalue weighted by Crippen LogP contribution is -2.09. The Labute approximate surface area is 130 Å². The lowest BCUT2D eigenvalue weighted by molar-refractivity contribution is 0.221. The van der Waals surface area contributed by atoms with Crippen LogP contribution in [0.5, 0.6) is 6.01 Å². The minimum Gasteiger partial charge on any atom is -0.461 e. The van der Waals surface area contributed by atoms with Gasteiger partial charge in [0.05, 0.1) is 11.1 Å². The number of fused-ring (bicyclic) bond motifs is 1. The zero-order valence-electron chi connectivity index (χ0n) is 11.3. The van der Waals surface area contributed by atoms with Crippen LogP contribution in [0, 0.1) is 0 Å². The quantitative estimate of drug-likeness (QED) is 0.715. The highest BCUT2D eigenvalue weighted by atomic mass is 35.5. The van der Waals surface area contributed by atoms with Crippen molar-refractivity contribution in [3.8, 4) is 17.6 Å². The lowest BCUT2D eigenvalue weighted by atomic mass is 10.2. The maximum Gasteiger partial charge on any atom is 0.321 e. The van der Waals surface area contributed by atoms with E-state index < -0.39 is 0 Å². The summed E-state index contributed by atoms with van der Waals surface area (Å²) in [5, 5.41) is 1.43. The summed E-state index contributed by atoms with van der Waals surface area (Å²) in [5.41, 5.74) is 0.581. The molecule has 0 amide bonds. The van der Waals surface area contributed by atoms with Crippen molar-refractivity contribution >= 4 is 34.2 Å². The molecule has 2 aromatic heterocycles. The molecule has 0 spiro atoms. The van der Waals surface area contributed by atoms with Crippen LogP contribution in [0.1, 0.15) is 13.8 Å². The summed E-state index contributed by atoms with van der Waals surface area (Å²) in [6, 6.07) is 7.45. The number of halogens is 2. The molecule has 0 fully saturated rings. The van der Waals surface area contributed by atoms with Crippen LogP contribution in [0.4, 0.5) is 0 Å². The van der Waals surface area contributed by atoms with Crippen molar-refractivity contribution in [1.82, 2.24) is 15.0 Å². The van der Waals surface area contributed by atoms with Gasteiger partial charge < -0.3 is 9.15 Å². The largest absolute Gasteiger partial charge is 0.461 e. The van der Waals surface area contributed by atoms with Crippen LogP contribution in [-0.4, -0.2) is 21.1 Å². The fourth-order valence-electron chi connectivity index (χ4n) is 1.84. The van der Waals surface area contributed by atoms with Gasteiger partial charge in [-0.1, -0.05) is 23.7 Å². The first kappa shape index (κ1) is 14.1. The maximum atomic E-state index is 6.09. The summed E-state index contributed by atoms with van der Waals surface area (Å²) >= 11 is 12.0. The van der Waals surface area contributed by atoms with E-state index in [-0.39, 0.29) is 17.4 Å². The standard InChI is InChI=1S/C14H11Cl2N3O2/c1-7(2)20-14-18-12(17-13(16)19-14)10-6-8-4-3-5-9(15)11(8)21-10/h3-7H,1-2H3. The summed E-state index contributed by atoms with van der Waals surface area (Å²) in [6.45, 7) is 3.75. The third-order valence-electron chi connectivity index (χ3n) is 2.65. The van der Waals surface area contributed by atoms with Gasteiger partial charge in [0, 0.05) is 5.39 Å². The van der Waals surface area contributed by atoms with Crippen LogP contribution in [0.3, 0.4) is 0 Å². The van der Waals surface area contributed by atoms with E-state index in [2.05, 4.69) is 15.0 Å². The van der Waals surface area contributed by atoms with Gasteiger partial charge in [-0.2, -0.15) is 15.0 Å². The molecule has 21 heavy (non-hydrogen) atoms. The second-order valence-electron chi connectivity index (χ2n) is 4.65. The average Bonchev–Trinajstić information content (AvgIpc) is 2.82. The first-order valence-corrected chi connectivity index (χ1v) is 7.05. The second-order valence-corrected chi connectivity index (χ2v) is 5.39. The Kier molecular flexibility index (Phi) is 3.69. The molecule has 108 valence electrons. The number of furan rings is 1. The minimum atomic E-state index is -0.0681. The van der Waals surface area contributed by atoms with Crippen molar-refractivity contribution in [3.05, 3.63) is 34.6 Å². The van der Waals surface area contributed by atoms with Crippen molar-refractivity contribution in [2.75, 3.05) is 0 Å². The molecule has 0 aliphatic carbocycles. The van der Waals surface area contributed by atoms with E-state index in [9.17, 15) is 0 Å². The van der Waals surface area contributed by atoms with Crippen LogP contribution in [0.15, 0.2) is 28.7 Å². The van der Waals surface area contributed by atoms with Crippen LogP contribution in [0.2, 0.25) is 10.3 Å². The molecule has 0 radical (unpaired) electrons. The highest BCUT2D eigenvalue weighted by Crippen LogP contribution is 2.31. The molecular formula is C14H11Cl2N3O2. The zero-order valence-corrected chi connectivity index (χ0v) is 12.8. The number of aromatic nitrogens is 3. The molecule has 0 atom stereocenters. The van der Waals surface area contributed by atoms with Gasteiger partial charge in [0.25, 0.3) is 0 Å². The van der Waals surface area contributed by atoms with Gasteiger partial charge in [-0.15, -0.1) is 0 Å². The van der Waals surface area contributed by atoms with Gasteiger partial charge >= 0.3 is 6.01 Å². The van der Waals surface area contributed by atoms with E-state index in [4.69, 9.17) is 32.4 Å². The van der Waals surface area contributed by atoms with E-state index in [1.165, 1.54) is 0 Å². The molecule has 2 heterocycles. The van der Waals surface area contributed by atoms with Crippen LogP contribution < -0.4 is 4.74 Å². The first-order chi connectivity index (χ1) is 10.0. The third kappa shape index (κ3) is 2.94. The molecule has 0 aliphatic rings. The Bertz CT molecular complexity index is 802. The van der Waals surface area contributed by atoms with E-state index in [0.717, 1.165) is 5.39 Å². The molecule has 1 aromatic carbocycles. The molecule has 5 nitrogen and oxygen atoms in total. The molecule has 0 bridgehead atoms. The summed E-state index contributed by atoms with van der Waals surface area (Å²) in [6.07, 6.45) is -0.0681. The predicted octanol–water partition coefficient (Wildman–Crippen LogP) is 4.38. The van der Waals surface area contributed by atoms with Crippen molar-refractivity contribution < 1.29 is 9.15 Å². The zero-order chi connectivity index (χ0) is 15.0. The number of hydrogen-bond donors (Lipinski definition) is 0. The predicted molar refractivity (Wildman–Crippen MR) is 80.8 cm³/mol. The van der Waals surface area contributed by atoms with Gasteiger partial charge in [0.1, 0.15) is 0 Å². The van der Waals surface area contributed by atoms with Gasteiger partial charge in [-0.25, -0.2) is 0 Å².